The first kappa shape index (κ1) is 10.0. The highest BCUT2D eigenvalue weighted by atomic mass is 15.2. The van der Waals surface area contributed by atoms with Crippen LogP contribution in [0.4, 0.5) is 0 Å². The van der Waals surface area contributed by atoms with Crippen molar-refractivity contribution < 1.29 is 0 Å². The molecule has 1 rings (SSSR count). The van der Waals surface area contributed by atoms with Crippen LogP contribution in [0.15, 0.2) is 0 Å². The summed E-state index contributed by atoms with van der Waals surface area (Å²) in [5.74, 6) is 0. The third-order valence-corrected chi connectivity index (χ3v) is 4.06. The van der Waals surface area contributed by atoms with Crippen LogP contribution in [0.5, 0.6) is 0 Å². The molecule has 0 amide bonds. The Labute approximate surface area is 77.1 Å². The van der Waals surface area contributed by atoms with Gasteiger partial charge in [-0.05, 0) is 44.7 Å². The van der Waals surface area contributed by atoms with Crippen molar-refractivity contribution in [3.05, 3.63) is 0 Å². The van der Waals surface area contributed by atoms with E-state index in [1.54, 1.807) is 0 Å². The van der Waals surface area contributed by atoms with Crippen LogP contribution in [0.1, 0.15) is 47.0 Å². The smallest absolute Gasteiger partial charge is 0.0120 e. The predicted molar refractivity (Wildman–Crippen MR) is 54.3 cm³/mol. The van der Waals surface area contributed by atoms with Gasteiger partial charge in [0.15, 0.2) is 0 Å². The first-order valence-corrected chi connectivity index (χ1v) is 5.38. The van der Waals surface area contributed by atoms with Crippen molar-refractivity contribution in [3.63, 3.8) is 0 Å². The van der Waals surface area contributed by atoms with Gasteiger partial charge >= 0.3 is 0 Å². The monoisotopic (exact) mass is 169 g/mol. The Balaban J connectivity index is 2.51. The zero-order valence-electron chi connectivity index (χ0n) is 9.06. The van der Waals surface area contributed by atoms with E-state index in [0.717, 1.165) is 6.04 Å². The van der Waals surface area contributed by atoms with E-state index < -0.39 is 0 Å². The molecule has 1 atom stereocenters. The van der Waals surface area contributed by atoms with E-state index in [1.807, 2.05) is 0 Å². The van der Waals surface area contributed by atoms with Crippen LogP contribution in [0.3, 0.4) is 0 Å². The Hall–Kier alpha value is -0.0400. The molecule has 0 saturated carbocycles. The van der Waals surface area contributed by atoms with E-state index in [0.29, 0.717) is 5.41 Å². The predicted octanol–water partition coefficient (Wildman–Crippen LogP) is 2.91. The molecule has 1 aliphatic rings. The maximum absolute atomic E-state index is 2.62. The normalized spacial score (nSPS) is 22.0. The average Bonchev–Trinajstić information content (AvgIpc) is 2.00. The molecule has 0 aromatic carbocycles. The van der Waals surface area contributed by atoms with Crippen molar-refractivity contribution in [2.45, 2.75) is 53.0 Å². The fourth-order valence-electron chi connectivity index (χ4n) is 2.01. The van der Waals surface area contributed by atoms with Gasteiger partial charge in [-0.15, -0.1) is 0 Å². The topological polar surface area (TPSA) is 3.24 Å². The second kappa shape index (κ2) is 3.78. The molecule has 0 radical (unpaired) electrons. The minimum Gasteiger partial charge on any atom is -0.300 e. The Morgan fingerprint density at radius 1 is 1.25 bits per heavy atom. The van der Waals surface area contributed by atoms with Crippen molar-refractivity contribution in [3.8, 4) is 0 Å². The number of nitrogens with zero attached hydrogens (tertiary/aromatic N) is 1. The van der Waals surface area contributed by atoms with Crippen molar-refractivity contribution in [2.24, 2.45) is 5.41 Å². The molecule has 1 heterocycles. The fourth-order valence-corrected chi connectivity index (χ4v) is 2.01. The second-order valence-corrected chi connectivity index (χ2v) is 4.43. The number of rotatable bonds is 4. The third-order valence-electron chi connectivity index (χ3n) is 4.06. The summed E-state index contributed by atoms with van der Waals surface area (Å²) in [6.45, 7) is 12.1. The van der Waals surface area contributed by atoms with Crippen molar-refractivity contribution in [1.29, 1.82) is 0 Å². The van der Waals surface area contributed by atoms with Gasteiger partial charge in [-0.25, -0.2) is 0 Å². The first-order valence-electron chi connectivity index (χ1n) is 5.38. The van der Waals surface area contributed by atoms with Gasteiger partial charge < -0.3 is 4.90 Å². The number of hydrogen-bond donors (Lipinski definition) is 0. The summed E-state index contributed by atoms with van der Waals surface area (Å²) in [5.41, 5.74) is 0.542. The minimum atomic E-state index is 0.542. The van der Waals surface area contributed by atoms with Gasteiger partial charge in [0.05, 0.1) is 0 Å². The molecule has 0 N–H and O–H groups in total. The summed E-state index contributed by atoms with van der Waals surface area (Å²) < 4.78 is 0. The van der Waals surface area contributed by atoms with Crippen LogP contribution < -0.4 is 0 Å². The van der Waals surface area contributed by atoms with Crippen LogP contribution in [0.25, 0.3) is 0 Å². The lowest BCUT2D eigenvalue weighted by atomic mass is 9.76. The van der Waals surface area contributed by atoms with Crippen molar-refractivity contribution >= 4 is 0 Å². The molecular weight excluding hydrogens is 146 g/mol. The summed E-state index contributed by atoms with van der Waals surface area (Å²) in [6.07, 6.45) is 4.02. The standard InChI is InChI=1S/C11H23N/c1-5-11(4,6-2)10(3)12-8-7-9-12/h10H,5-9H2,1-4H3. The molecule has 0 aromatic rings. The Morgan fingerprint density at radius 2 is 1.75 bits per heavy atom. The molecule has 0 spiro atoms. The second-order valence-electron chi connectivity index (χ2n) is 4.43. The summed E-state index contributed by atoms with van der Waals surface area (Å²) in [7, 11) is 0. The highest BCUT2D eigenvalue weighted by Gasteiger charge is 2.33. The molecule has 1 fully saturated rings. The Kier molecular flexibility index (Phi) is 3.16. The molecule has 72 valence electrons. The molecule has 12 heavy (non-hydrogen) atoms. The summed E-state index contributed by atoms with van der Waals surface area (Å²) in [6, 6.07) is 0.779. The molecule has 1 heteroatoms. The Morgan fingerprint density at radius 3 is 2.00 bits per heavy atom. The van der Waals surface area contributed by atoms with E-state index in [9.17, 15) is 0 Å². The summed E-state index contributed by atoms with van der Waals surface area (Å²) in [4.78, 5) is 2.62. The molecule has 1 saturated heterocycles. The first-order chi connectivity index (χ1) is 5.64. The highest BCUT2D eigenvalue weighted by molar-refractivity contribution is 4.87. The van der Waals surface area contributed by atoms with E-state index in [4.69, 9.17) is 0 Å². The third kappa shape index (κ3) is 1.66. The Bertz CT molecular complexity index is 134. The van der Waals surface area contributed by atoms with E-state index in [1.165, 1.54) is 32.4 Å². The fraction of sp³-hybridized carbons (Fsp3) is 1.00. The van der Waals surface area contributed by atoms with Gasteiger partial charge in [-0.3, -0.25) is 0 Å². The van der Waals surface area contributed by atoms with Crippen LogP contribution >= 0.6 is 0 Å². The van der Waals surface area contributed by atoms with Crippen molar-refractivity contribution in [2.75, 3.05) is 13.1 Å². The lowest BCUT2D eigenvalue weighted by Gasteiger charge is -2.46. The van der Waals surface area contributed by atoms with E-state index in [2.05, 4.69) is 32.6 Å². The molecule has 1 aliphatic heterocycles. The zero-order valence-corrected chi connectivity index (χ0v) is 9.06. The number of hydrogen-bond acceptors (Lipinski definition) is 1. The molecule has 1 nitrogen and oxygen atoms in total. The summed E-state index contributed by atoms with van der Waals surface area (Å²) >= 11 is 0. The highest BCUT2D eigenvalue weighted by Crippen LogP contribution is 2.34. The molecule has 0 aromatic heterocycles. The van der Waals surface area contributed by atoms with Gasteiger partial charge in [0.1, 0.15) is 0 Å². The summed E-state index contributed by atoms with van der Waals surface area (Å²) in [5, 5.41) is 0. The largest absolute Gasteiger partial charge is 0.300 e. The maximum atomic E-state index is 2.62. The zero-order chi connectivity index (χ0) is 9.19. The quantitative estimate of drug-likeness (QED) is 0.625. The molecular formula is C11H23N. The van der Waals surface area contributed by atoms with Crippen LogP contribution in [-0.4, -0.2) is 24.0 Å². The molecule has 1 unspecified atom stereocenters. The number of likely N-dealkylation sites (tertiary alicyclic amines) is 1. The lowest BCUT2D eigenvalue weighted by molar-refractivity contribution is 0.0346. The van der Waals surface area contributed by atoms with Crippen LogP contribution in [0, 0.1) is 5.41 Å². The van der Waals surface area contributed by atoms with Gasteiger partial charge in [0.25, 0.3) is 0 Å². The van der Waals surface area contributed by atoms with Gasteiger partial charge in [0, 0.05) is 6.04 Å². The minimum absolute atomic E-state index is 0.542. The van der Waals surface area contributed by atoms with E-state index >= 15 is 0 Å². The lowest BCUT2D eigenvalue weighted by Crippen LogP contribution is -2.50. The average molecular weight is 169 g/mol. The van der Waals surface area contributed by atoms with Crippen LogP contribution in [-0.2, 0) is 0 Å². The molecule has 0 bridgehead atoms. The van der Waals surface area contributed by atoms with E-state index in [-0.39, 0.29) is 0 Å². The van der Waals surface area contributed by atoms with Crippen LogP contribution in [0.2, 0.25) is 0 Å². The SMILES string of the molecule is CCC(C)(CC)C(C)N1CCC1. The molecule has 0 aliphatic carbocycles. The van der Waals surface area contributed by atoms with Gasteiger partial charge in [0.2, 0.25) is 0 Å². The maximum Gasteiger partial charge on any atom is 0.0120 e. The van der Waals surface area contributed by atoms with Gasteiger partial charge in [-0.1, -0.05) is 20.8 Å². The van der Waals surface area contributed by atoms with Crippen molar-refractivity contribution in [1.82, 2.24) is 4.90 Å². The van der Waals surface area contributed by atoms with Gasteiger partial charge in [-0.2, -0.15) is 0 Å².